The van der Waals surface area contributed by atoms with Gasteiger partial charge in [0.1, 0.15) is 11.9 Å². The van der Waals surface area contributed by atoms with Gasteiger partial charge in [0.05, 0.1) is 11.7 Å². The smallest absolute Gasteiger partial charge is 0.171 e. The zero-order valence-corrected chi connectivity index (χ0v) is 12.8. The van der Waals surface area contributed by atoms with E-state index in [-0.39, 0.29) is 17.1 Å². The maximum absolute atomic E-state index is 13.7. The summed E-state index contributed by atoms with van der Waals surface area (Å²) in [6, 6.07) is 6.56. The van der Waals surface area contributed by atoms with Gasteiger partial charge in [-0.15, -0.1) is 0 Å². The molecule has 0 radical (unpaired) electrons. The average Bonchev–Trinajstić information content (AvgIpc) is 2.24. The van der Waals surface area contributed by atoms with Gasteiger partial charge in [0, 0.05) is 0 Å². The highest BCUT2D eigenvalue weighted by atomic mass is 28.3. The molecule has 1 rings (SSSR count). The first-order valence-electron chi connectivity index (χ1n) is 6.10. The van der Waals surface area contributed by atoms with Crippen molar-refractivity contribution in [3.63, 3.8) is 0 Å². The van der Waals surface area contributed by atoms with Crippen molar-refractivity contribution in [2.24, 2.45) is 5.41 Å². The number of hydrogen-bond donors (Lipinski definition) is 0. The van der Waals surface area contributed by atoms with Gasteiger partial charge in [-0.05, 0) is 36.2 Å². The zero-order chi connectivity index (χ0) is 13.9. The first-order valence-corrected chi connectivity index (χ1v) is 8.88. The van der Waals surface area contributed by atoms with Gasteiger partial charge in [-0.25, -0.2) is 4.39 Å². The molecule has 98 valence electrons. The molecule has 0 aliphatic rings. The van der Waals surface area contributed by atoms with Crippen molar-refractivity contribution in [3.05, 3.63) is 35.1 Å². The fourth-order valence-electron chi connectivity index (χ4n) is 1.84. The predicted molar refractivity (Wildman–Crippen MR) is 73.3 cm³/mol. The third-order valence-electron chi connectivity index (χ3n) is 2.61. The van der Waals surface area contributed by atoms with Gasteiger partial charge in [0.25, 0.3) is 0 Å². The second-order valence-corrected chi connectivity index (χ2v) is 8.15. The molecule has 1 atom stereocenters. The number of halogens is 1. The lowest BCUT2D eigenvalue weighted by molar-refractivity contribution is 0.0863. The minimum Gasteiger partial charge on any atom is -0.413 e. The van der Waals surface area contributed by atoms with Crippen LogP contribution in [0.5, 0.6) is 0 Å². The summed E-state index contributed by atoms with van der Waals surface area (Å²) in [6.45, 7) is 10.4. The van der Waals surface area contributed by atoms with Crippen molar-refractivity contribution >= 4 is 9.04 Å². The molecular weight excluding hydrogens is 245 g/mol. The van der Waals surface area contributed by atoms with Crippen LogP contribution in [-0.4, -0.2) is 9.04 Å². The van der Waals surface area contributed by atoms with Gasteiger partial charge < -0.3 is 4.43 Å². The van der Waals surface area contributed by atoms with Gasteiger partial charge in [-0.2, -0.15) is 5.26 Å². The van der Waals surface area contributed by atoms with Crippen molar-refractivity contribution in [1.29, 1.82) is 5.26 Å². The van der Waals surface area contributed by atoms with Crippen molar-refractivity contribution in [3.8, 4) is 6.07 Å². The van der Waals surface area contributed by atoms with Crippen molar-refractivity contribution in [1.82, 2.24) is 0 Å². The molecule has 1 aromatic carbocycles. The second-order valence-electron chi connectivity index (χ2n) is 5.78. The Balaban J connectivity index is 3.15. The normalized spacial score (nSPS) is 13.4. The van der Waals surface area contributed by atoms with Gasteiger partial charge in [0.15, 0.2) is 9.04 Å². The Morgan fingerprint density at radius 3 is 2.33 bits per heavy atom. The van der Waals surface area contributed by atoms with E-state index in [9.17, 15) is 4.39 Å². The molecule has 0 aliphatic heterocycles. The molecule has 0 aromatic heterocycles. The highest BCUT2D eigenvalue weighted by Crippen LogP contribution is 2.37. The molecule has 0 saturated carbocycles. The van der Waals surface area contributed by atoms with E-state index in [0.717, 1.165) is 5.56 Å². The second kappa shape index (κ2) is 5.64. The van der Waals surface area contributed by atoms with Crippen LogP contribution in [0.3, 0.4) is 0 Å². The van der Waals surface area contributed by atoms with Gasteiger partial charge in [0.2, 0.25) is 0 Å². The van der Waals surface area contributed by atoms with Crippen LogP contribution in [-0.2, 0) is 4.43 Å². The van der Waals surface area contributed by atoms with Crippen LogP contribution in [0.25, 0.3) is 0 Å². The summed E-state index contributed by atoms with van der Waals surface area (Å²) in [5, 5.41) is 8.74. The van der Waals surface area contributed by atoms with Crippen LogP contribution in [0.15, 0.2) is 18.2 Å². The summed E-state index contributed by atoms with van der Waals surface area (Å²) in [5.74, 6) is -0.474. The number of nitriles is 1. The lowest BCUT2D eigenvalue weighted by Gasteiger charge is -2.33. The lowest BCUT2D eigenvalue weighted by atomic mass is 9.84. The Morgan fingerprint density at radius 2 is 1.94 bits per heavy atom. The molecule has 2 nitrogen and oxygen atoms in total. The topological polar surface area (TPSA) is 33.0 Å². The van der Waals surface area contributed by atoms with E-state index in [4.69, 9.17) is 9.69 Å². The molecule has 1 unspecified atom stereocenters. The summed E-state index contributed by atoms with van der Waals surface area (Å²) < 4.78 is 19.7. The number of benzene rings is 1. The first kappa shape index (κ1) is 14.9. The lowest BCUT2D eigenvalue weighted by Crippen LogP contribution is -2.26. The van der Waals surface area contributed by atoms with Crippen LogP contribution in [0, 0.1) is 22.6 Å². The quantitative estimate of drug-likeness (QED) is 0.779. The highest BCUT2D eigenvalue weighted by molar-refractivity contribution is 6.48. The molecule has 18 heavy (non-hydrogen) atoms. The number of nitrogens with zero attached hydrogens (tertiary/aromatic N) is 1. The van der Waals surface area contributed by atoms with Crippen molar-refractivity contribution in [2.75, 3.05) is 0 Å². The zero-order valence-electron chi connectivity index (χ0n) is 11.6. The summed E-state index contributed by atoms with van der Waals surface area (Å²) >= 11 is 0. The Bertz CT molecular complexity index is 460. The molecule has 0 fully saturated rings. The summed E-state index contributed by atoms with van der Waals surface area (Å²) in [7, 11) is -1.22. The highest BCUT2D eigenvalue weighted by Gasteiger charge is 2.28. The van der Waals surface area contributed by atoms with Gasteiger partial charge in [-0.3, -0.25) is 0 Å². The maximum atomic E-state index is 13.7. The van der Waals surface area contributed by atoms with E-state index < -0.39 is 14.9 Å². The van der Waals surface area contributed by atoms with E-state index in [1.165, 1.54) is 12.1 Å². The molecule has 0 bridgehead atoms. The molecule has 0 spiro atoms. The van der Waals surface area contributed by atoms with Crippen LogP contribution in [0.2, 0.25) is 13.1 Å². The van der Waals surface area contributed by atoms with Crippen LogP contribution >= 0.6 is 0 Å². The van der Waals surface area contributed by atoms with Crippen LogP contribution in [0.4, 0.5) is 4.39 Å². The Morgan fingerprint density at radius 1 is 1.33 bits per heavy atom. The Labute approximate surface area is 110 Å². The standard InChI is InChI=1S/C14H20FNOSi/c1-14(2,3)13(17-18(4)5)10-6-7-11(9-16)12(15)8-10/h6-8,13,18H,1-5H3. The molecule has 0 aliphatic carbocycles. The number of hydrogen-bond acceptors (Lipinski definition) is 2. The van der Waals surface area contributed by atoms with Crippen LogP contribution in [0.1, 0.15) is 38.0 Å². The Hall–Kier alpha value is -1.18. The SMILES string of the molecule is C[SiH](C)OC(c1ccc(C#N)c(F)c1)C(C)(C)C. The fraction of sp³-hybridized carbons (Fsp3) is 0.500. The first-order chi connectivity index (χ1) is 8.25. The summed E-state index contributed by atoms with van der Waals surface area (Å²) in [4.78, 5) is 0. The molecule has 0 N–H and O–H groups in total. The van der Waals surface area contributed by atoms with E-state index in [2.05, 4.69) is 33.9 Å². The van der Waals surface area contributed by atoms with Gasteiger partial charge >= 0.3 is 0 Å². The number of rotatable bonds is 3. The third-order valence-corrected chi connectivity index (χ3v) is 3.43. The molecule has 0 heterocycles. The predicted octanol–water partition coefficient (Wildman–Crippen LogP) is 3.78. The van der Waals surface area contributed by atoms with E-state index in [1.807, 2.05) is 6.07 Å². The molecule has 0 saturated heterocycles. The van der Waals surface area contributed by atoms with Crippen molar-refractivity contribution in [2.45, 2.75) is 40.0 Å². The summed E-state index contributed by atoms with van der Waals surface area (Å²) in [6.07, 6.45) is -0.133. The van der Waals surface area contributed by atoms with E-state index in [1.54, 1.807) is 6.07 Å². The van der Waals surface area contributed by atoms with Gasteiger partial charge in [-0.1, -0.05) is 26.8 Å². The minimum atomic E-state index is -1.22. The van der Waals surface area contributed by atoms with E-state index >= 15 is 0 Å². The largest absolute Gasteiger partial charge is 0.413 e. The molecule has 4 heteroatoms. The Kier molecular flexibility index (Phi) is 4.66. The molecule has 0 amide bonds. The maximum Gasteiger partial charge on any atom is 0.171 e. The fourth-order valence-corrected chi connectivity index (χ4v) is 2.95. The van der Waals surface area contributed by atoms with Crippen molar-refractivity contribution < 1.29 is 8.82 Å². The summed E-state index contributed by atoms with van der Waals surface area (Å²) in [5.41, 5.74) is 0.783. The minimum absolute atomic E-state index is 0.0770. The van der Waals surface area contributed by atoms with Crippen LogP contribution < -0.4 is 0 Å². The monoisotopic (exact) mass is 265 g/mol. The average molecular weight is 265 g/mol. The van der Waals surface area contributed by atoms with E-state index in [0.29, 0.717) is 0 Å². The molecular formula is C14H20FNOSi. The molecule has 1 aromatic rings. The third kappa shape index (κ3) is 3.66.